The number of hydrogen-bond acceptors (Lipinski definition) is 5. The molecule has 6 nitrogen and oxygen atoms in total. The molecule has 0 unspecified atom stereocenters. The fourth-order valence-electron chi connectivity index (χ4n) is 1.91. The molecule has 1 N–H and O–H groups in total. The maximum absolute atomic E-state index is 4.28. The lowest BCUT2D eigenvalue weighted by Crippen LogP contribution is -2.03. The highest BCUT2D eigenvalue weighted by molar-refractivity contribution is 5.51. The Morgan fingerprint density at radius 2 is 2.10 bits per heavy atom. The molecule has 0 saturated carbocycles. The number of rotatable bonds is 4. The van der Waals surface area contributed by atoms with Gasteiger partial charge < -0.3 is 5.32 Å². The van der Waals surface area contributed by atoms with Gasteiger partial charge in [-0.1, -0.05) is 12.1 Å². The molecule has 20 heavy (non-hydrogen) atoms. The molecule has 100 valence electrons. The van der Waals surface area contributed by atoms with E-state index in [2.05, 4.69) is 25.8 Å². The highest BCUT2D eigenvalue weighted by Crippen LogP contribution is 2.15. The number of aromatic nitrogens is 5. The predicted molar refractivity (Wildman–Crippen MR) is 75.5 cm³/mol. The zero-order valence-electron chi connectivity index (χ0n) is 11.1. The normalized spacial score (nSPS) is 10.4. The van der Waals surface area contributed by atoms with Gasteiger partial charge in [0, 0.05) is 11.9 Å². The van der Waals surface area contributed by atoms with Crippen molar-refractivity contribution in [3.05, 3.63) is 60.2 Å². The second-order valence-corrected chi connectivity index (χ2v) is 4.36. The van der Waals surface area contributed by atoms with Crippen molar-refractivity contribution >= 4 is 5.69 Å². The molecule has 2 aromatic heterocycles. The first-order chi connectivity index (χ1) is 9.83. The maximum Gasteiger partial charge on any atom is 0.153 e. The van der Waals surface area contributed by atoms with Crippen LogP contribution in [0, 0.1) is 6.92 Å². The molecule has 0 fully saturated rings. The molecule has 0 aliphatic heterocycles. The summed E-state index contributed by atoms with van der Waals surface area (Å²) in [6.07, 6.45) is 1.79. The lowest BCUT2D eigenvalue weighted by molar-refractivity contribution is 0.779. The monoisotopic (exact) mass is 266 g/mol. The summed E-state index contributed by atoms with van der Waals surface area (Å²) >= 11 is 0. The summed E-state index contributed by atoms with van der Waals surface area (Å²) < 4.78 is 1.70. The van der Waals surface area contributed by atoms with E-state index in [1.165, 1.54) is 0 Å². The van der Waals surface area contributed by atoms with Crippen LogP contribution in [-0.2, 0) is 6.54 Å². The van der Waals surface area contributed by atoms with Crippen LogP contribution in [0.3, 0.4) is 0 Å². The molecule has 0 saturated heterocycles. The van der Waals surface area contributed by atoms with Gasteiger partial charge in [0.1, 0.15) is 0 Å². The molecular weight excluding hydrogens is 252 g/mol. The SMILES string of the molecule is Cc1nnnn1-c1cccc(NCc2ccccn2)c1. The predicted octanol–water partition coefficient (Wildman–Crippen LogP) is 1.98. The number of hydrogen-bond donors (Lipinski definition) is 1. The zero-order valence-corrected chi connectivity index (χ0v) is 11.1. The van der Waals surface area contributed by atoms with Crippen LogP contribution in [0.5, 0.6) is 0 Å². The minimum atomic E-state index is 0.679. The standard InChI is InChI=1S/C14H14N6/c1-11-17-18-19-20(11)14-7-4-6-12(9-14)16-10-13-5-2-3-8-15-13/h2-9,16H,10H2,1H3. The molecule has 0 aliphatic carbocycles. The molecule has 3 aromatic rings. The highest BCUT2D eigenvalue weighted by Gasteiger charge is 2.04. The molecule has 0 aliphatic rings. The minimum Gasteiger partial charge on any atom is -0.379 e. The van der Waals surface area contributed by atoms with E-state index in [-0.39, 0.29) is 0 Å². The molecule has 0 bridgehead atoms. The second-order valence-electron chi connectivity index (χ2n) is 4.36. The van der Waals surface area contributed by atoms with Crippen LogP contribution < -0.4 is 5.32 Å². The fraction of sp³-hybridized carbons (Fsp3) is 0.143. The van der Waals surface area contributed by atoms with Gasteiger partial charge in [-0.25, -0.2) is 0 Å². The van der Waals surface area contributed by atoms with Crippen LogP contribution in [0.25, 0.3) is 5.69 Å². The summed E-state index contributed by atoms with van der Waals surface area (Å²) in [5, 5.41) is 14.8. The summed E-state index contributed by atoms with van der Waals surface area (Å²) in [5.41, 5.74) is 2.93. The first-order valence-corrected chi connectivity index (χ1v) is 6.32. The van der Waals surface area contributed by atoms with Gasteiger partial charge in [-0.3, -0.25) is 4.98 Å². The molecule has 1 aromatic carbocycles. The first kappa shape index (κ1) is 12.3. The third-order valence-corrected chi connectivity index (χ3v) is 2.92. The maximum atomic E-state index is 4.28. The minimum absolute atomic E-state index is 0.679. The Hall–Kier alpha value is -2.76. The van der Waals surface area contributed by atoms with Crippen molar-refractivity contribution < 1.29 is 0 Å². The van der Waals surface area contributed by atoms with Gasteiger partial charge in [0.15, 0.2) is 5.82 Å². The van der Waals surface area contributed by atoms with Gasteiger partial charge in [0.2, 0.25) is 0 Å². The van der Waals surface area contributed by atoms with Crippen LogP contribution in [0.1, 0.15) is 11.5 Å². The largest absolute Gasteiger partial charge is 0.379 e. The van der Waals surface area contributed by atoms with E-state index < -0.39 is 0 Å². The highest BCUT2D eigenvalue weighted by atomic mass is 15.5. The third kappa shape index (κ3) is 2.64. The molecule has 0 radical (unpaired) electrons. The molecule has 6 heteroatoms. The van der Waals surface area contributed by atoms with Crippen molar-refractivity contribution in [3.63, 3.8) is 0 Å². The first-order valence-electron chi connectivity index (χ1n) is 6.32. The molecular formula is C14H14N6. The van der Waals surface area contributed by atoms with Crippen molar-refractivity contribution in [1.82, 2.24) is 25.2 Å². The molecule has 0 spiro atoms. The Morgan fingerprint density at radius 1 is 1.15 bits per heavy atom. The van der Waals surface area contributed by atoms with E-state index >= 15 is 0 Å². The Balaban J connectivity index is 1.77. The lowest BCUT2D eigenvalue weighted by atomic mass is 10.2. The third-order valence-electron chi connectivity index (χ3n) is 2.92. The Morgan fingerprint density at radius 3 is 2.85 bits per heavy atom. The van der Waals surface area contributed by atoms with Gasteiger partial charge >= 0.3 is 0 Å². The number of aryl methyl sites for hydroxylation is 1. The van der Waals surface area contributed by atoms with Gasteiger partial charge in [0.05, 0.1) is 17.9 Å². The Labute approximate surface area is 116 Å². The van der Waals surface area contributed by atoms with E-state index in [4.69, 9.17) is 0 Å². The van der Waals surface area contributed by atoms with Crippen LogP contribution in [-0.4, -0.2) is 25.2 Å². The van der Waals surface area contributed by atoms with Crippen LogP contribution in [0.2, 0.25) is 0 Å². The number of nitrogens with zero attached hydrogens (tertiary/aromatic N) is 5. The summed E-state index contributed by atoms with van der Waals surface area (Å²) in [6.45, 7) is 2.55. The van der Waals surface area contributed by atoms with Crippen molar-refractivity contribution in [2.45, 2.75) is 13.5 Å². The number of tetrazole rings is 1. The van der Waals surface area contributed by atoms with Gasteiger partial charge in [-0.15, -0.1) is 5.10 Å². The number of benzene rings is 1. The smallest absolute Gasteiger partial charge is 0.153 e. The Bertz CT molecular complexity index is 692. The Kier molecular flexibility index (Phi) is 3.36. The van der Waals surface area contributed by atoms with Gasteiger partial charge in [-0.05, 0) is 47.7 Å². The lowest BCUT2D eigenvalue weighted by Gasteiger charge is -2.08. The van der Waals surface area contributed by atoms with Crippen LogP contribution in [0.4, 0.5) is 5.69 Å². The van der Waals surface area contributed by atoms with Crippen molar-refractivity contribution in [2.24, 2.45) is 0 Å². The van der Waals surface area contributed by atoms with Crippen LogP contribution >= 0.6 is 0 Å². The number of nitrogens with one attached hydrogen (secondary N) is 1. The summed E-state index contributed by atoms with van der Waals surface area (Å²) in [6, 6.07) is 13.8. The van der Waals surface area contributed by atoms with Crippen molar-refractivity contribution in [1.29, 1.82) is 0 Å². The van der Waals surface area contributed by atoms with E-state index in [1.807, 2.05) is 49.4 Å². The number of anilines is 1. The fourth-order valence-corrected chi connectivity index (χ4v) is 1.91. The summed E-state index contributed by atoms with van der Waals surface area (Å²) in [4.78, 5) is 4.28. The quantitative estimate of drug-likeness (QED) is 0.782. The van der Waals surface area contributed by atoms with Crippen LogP contribution in [0.15, 0.2) is 48.7 Å². The van der Waals surface area contributed by atoms with Crippen molar-refractivity contribution in [2.75, 3.05) is 5.32 Å². The van der Waals surface area contributed by atoms with E-state index in [1.54, 1.807) is 10.9 Å². The molecule has 0 atom stereocenters. The molecule has 3 rings (SSSR count). The average molecular weight is 266 g/mol. The molecule has 0 amide bonds. The van der Waals surface area contributed by atoms with E-state index in [0.717, 1.165) is 22.9 Å². The van der Waals surface area contributed by atoms with Gasteiger partial charge in [-0.2, -0.15) is 4.68 Å². The summed E-state index contributed by atoms with van der Waals surface area (Å²) in [7, 11) is 0. The average Bonchev–Trinajstić information content (AvgIpc) is 2.93. The van der Waals surface area contributed by atoms with E-state index in [9.17, 15) is 0 Å². The zero-order chi connectivity index (χ0) is 13.8. The number of pyridine rings is 1. The molecule has 2 heterocycles. The second kappa shape index (κ2) is 5.48. The topological polar surface area (TPSA) is 68.5 Å². The summed E-state index contributed by atoms with van der Waals surface area (Å²) in [5.74, 6) is 0.756. The van der Waals surface area contributed by atoms with Gasteiger partial charge in [0.25, 0.3) is 0 Å². The van der Waals surface area contributed by atoms with E-state index in [0.29, 0.717) is 6.54 Å². The van der Waals surface area contributed by atoms with Crippen molar-refractivity contribution in [3.8, 4) is 5.69 Å².